The van der Waals surface area contributed by atoms with E-state index in [1.165, 1.54) is 4.31 Å². The predicted molar refractivity (Wildman–Crippen MR) is 85.2 cm³/mol. The van der Waals surface area contributed by atoms with Crippen molar-refractivity contribution in [2.24, 2.45) is 0 Å². The first kappa shape index (κ1) is 15.4. The number of para-hydroxylation sites is 1. The minimum atomic E-state index is -3.59. The maximum atomic E-state index is 13.1. The Hall–Kier alpha value is -1.50. The van der Waals surface area contributed by atoms with Crippen LogP contribution in [0.3, 0.4) is 0 Å². The van der Waals surface area contributed by atoms with Gasteiger partial charge in [0.25, 0.3) is 0 Å². The molecule has 2 aromatic rings. The van der Waals surface area contributed by atoms with E-state index in [-0.39, 0.29) is 17.0 Å². The highest BCUT2D eigenvalue weighted by atomic mass is 32.2. The lowest BCUT2D eigenvalue weighted by atomic mass is 10.2. The highest BCUT2D eigenvalue weighted by Gasteiger charge is 2.35. The van der Waals surface area contributed by atoms with Gasteiger partial charge in [0.15, 0.2) is 0 Å². The van der Waals surface area contributed by atoms with Gasteiger partial charge < -0.3 is 4.74 Å². The number of aromatic nitrogens is 1. The summed E-state index contributed by atoms with van der Waals surface area (Å²) in [5, 5.41) is 0.843. The molecule has 0 radical (unpaired) electrons. The molecule has 2 heterocycles. The topological polar surface area (TPSA) is 59.5 Å². The number of sulfonamides is 1. The van der Waals surface area contributed by atoms with Crippen LogP contribution in [0.25, 0.3) is 10.9 Å². The largest absolute Gasteiger partial charge is 0.375 e. The fourth-order valence-electron chi connectivity index (χ4n) is 2.79. The Kier molecular flexibility index (Phi) is 3.92. The van der Waals surface area contributed by atoms with E-state index < -0.39 is 10.0 Å². The van der Waals surface area contributed by atoms with Gasteiger partial charge in [-0.1, -0.05) is 12.1 Å². The van der Waals surface area contributed by atoms with Crippen molar-refractivity contribution in [3.8, 4) is 0 Å². The van der Waals surface area contributed by atoms with Crippen molar-refractivity contribution in [3.05, 3.63) is 36.0 Å². The van der Waals surface area contributed by atoms with Gasteiger partial charge in [0.05, 0.1) is 18.2 Å². The van der Waals surface area contributed by atoms with Crippen molar-refractivity contribution in [1.29, 1.82) is 0 Å². The molecule has 2 atom stereocenters. The number of nitrogens with zero attached hydrogens (tertiary/aromatic N) is 2. The molecule has 1 aliphatic heterocycles. The number of aryl methyl sites for hydroxylation is 1. The molecule has 3 rings (SSSR count). The van der Waals surface area contributed by atoms with Gasteiger partial charge in [-0.2, -0.15) is 4.31 Å². The van der Waals surface area contributed by atoms with Crippen LogP contribution in [0.4, 0.5) is 0 Å². The van der Waals surface area contributed by atoms with Crippen molar-refractivity contribution in [3.63, 3.8) is 0 Å². The number of pyridine rings is 1. The van der Waals surface area contributed by atoms with Crippen molar-refractivity contribution in [2.75, 3.05) is 13.2 Å². The van der Waals surface area contributed by atoms with Crippen LogP contribution in [-0.4, -0.2) is 43.0 Å². The summed E-state index contributed by atoms with van der Waals surface area (Å²) in [7, 11) is -3.59. The molecule has 0 aliphatic carbocycles. The molecule has 6 heteroatoms. The minimum Gasteiger partial charge on any atom is -0.375 e. The molecule has 1 fully saturated rings. The SMILES string of the molecule is Cc1cnc2c(S(=O)(=O)N3CC(C)OCC3C)cccc2c1. The van der Waals surface area contributed by atoms with E-state index in [0.29, 0.717) is 18.7 Å². The smallest absolute Gasteiger partial charge is 0.245 e. The van der Waals surface area contributed by atoms with Crippen LogP contribution in [-0.2, 0) is 14.8 Å². The van der Waals surface area contributed by atoms with Crippen LogP contribution in [0, 0.1) is 6.92 Å². The highest BCUT2D eigenvalue weighted by Crippen LogP contribution is 2.27. The summed E-state index contributed by atoms with van der Waals surface area (Å²) >= 11 is 0. The third-order valence-corrected chi connectivity index (χ3v) is 5.96. The van der Waals surface area contributed by atoms with Gasteiger partial charge in [-0.3, -0.25) is 4.98 Å². The summed E-state index contributed by atoms with van der Waals surface area (Å²) in [6, 6.07) is 7.06. The van der Waals surface area contributed by atoms with Crippen LogP contribution < -0.4 is 0 Å². The molecule has 0 saturated carbocycles. The number of fused-ring (bicyclic) bond motifs is 1. The third-order valence-electron chi connectivity index (χ3n) is 3.95. The van der Waals surface area contributed by atoms with E-state index in [4.69, 9.17) is 4.74 Å². The molecule has 1 aromatic carbocycles. The lowest BCUT2D eigenvalue weighted by molar-refractivity contribution is -0.0170. The van der Waals surface area contributed by atoms with E-state index in [0.717, 1.165) is 10.9 Å². The average Bonchev–Trinajstić information content (AvgIpc) is 2.48. The van der Waals surface area contributed by atoms with E-state index in [9.17, 15) is 8.42 Å². The molecule has 0 spiro atoms. The highest BCUT2D eigenvalue weighted by molar-refractivity contribution is 7.89. The normalized spacial score (nSPS) is 23.8. The van der Waals surface area contributed by atoms with Crippen molar-refractivity contribution in [1.82, 2.24) is 9.29 Å². The molecule has 118 valence electrons. The summed E-state index contributed by atoms with van der Waals surface area (Å²) in [5.74, 6) is 0. The summed E-state index contributed by atoms with van der Waals surface area (Å²) in [5.41, 5.74) is 1.54. The van der Waals surface area contributed by atoms with Crippen molar-refractivity contribution >= 4 is 20.9 Å². The second-order valence-corrected chi connectivity index (χ2v) is 7.77. The maximum Gasteiger partial charge on any atom is 0.245 e. The molecular formula is C16H20N2O3S. The fourth-order valence-corrected chi connectivity index (χ4v) is 4.64. The molecule has 0 bridgehead atoms. The number of benzene rings is 1. The van der Waals surface area contributed by atoms with Crippen LogP contribution >= 0.6 is 0 Å². The molecular weight excluding hydrogens is 300 g/mol. The van der Waals surface area contributed by atoms with Crippen molar-refractivity contribution in [2.45, 2.75) is 37.8 Å². The van der Waals surface area contributed by atoms with E-state index in [2.05, 4.69) is 4.98 Å². The minimum absolute atomic E-state index is 0.101. The second-order valence-electron chi connectivity index (χ2n) is 5.91. The Morgan fingerprint density at radius 1 is 1.32 bits per heavy atom. The molecule has 1 aromatic heterocycles. The summed E-state index contributed by atoms with van der Waals surface area (Å²) in [6.07, 6.45) is 1.60. The molecule has 0 amide bonds. The Balaban J connectivity index is 2.13. The van der Waals surface area contributed by atoms with Gasteiger partial charge in [-0.15, -0.1) is 0 Å². The first-order chi connectivity index (χ1) is 10.4. The molecule has 2 unspecified atom stereocenters. The van der Waals surface area contributed by atoms with Gasteiger partial charge in [0.2, 0.25) is 10.0 Å². The second kappa shape index (κ2) is 5.61. The Bertz CT molecular complexity index is 804. The number of ether oxygens (including phenoxy) is 1. The summed E-state index contributed by atoms with van der Waals surface area (Å²) < 4.78 is 33.2. The van der Waals surface area contributed by atoms with E-state index in [1.54, 1.807) is 18.3 Å². The zero-order chi connectivity index (χ0) is 15.9. The number of hydrogen-bond acceptors (Lipinski definition) is 4. The maximum absolute atomic E-state index is 13.1. The standard InChI is InChI=1S/C16H20N2O3S/c1-11-7-14-5-4-6-15(16(14)17-8-11)22(19,20)18-9-13(3)21-10-12(18)2/h4-8,12-13H,9-10H2,1-3H3. The lowest BCUT2D eigenvalue weighted by Crippen LogP contribution is -2.50. The predicted octanol–water partition coefficient (Wildman–Crippen LogP) is 2.34. The first-order valence-corrected chi connectivity index (χ1v) is 8.82. The monoisotopic (exact) mass is 320 g/mol. The fraction of sp³-hybridized carbons (Fsp3) is 0.438. The van der Waals surface area contributed by atoms with Crippen LogP contribution in [0.5, 0.6) is 0 Å². The number of hydrogen-bond donors (Lipinski definition) is 0. The molecule has 0 N–H and O–H groups in total. The lowest BCUT2D eigenvalue weighted by Gasteiger charge is -2.35. The quantitative estimate of drug-likeness (QED) is 0.852. The third kappa shape index (κ3) is 2.62. The van der Waals surface area contributed by atoms with Gasteiger partial charge >= 0.3 is 0 Å². The Morgan fingerprint density at radius 3 is 2.86 bits per heavy atom. The molecule has 1 saturated heterocycles. The van der Waals surface area contributed by atoms with Crippen LogP contribution in [0.15, 0.2) is 35.4 Å². The zero-order valence-electron chi connectivity index (χ0n) is 13.0. The van der Waals surface area contributed by atoms with Gasteiger partial charge in [-0.25, -0.2) is 8.42 Å². The average molecular weight is 320 g/mol. The zero-order valence-corrected chi connectivity index (χ0v) is 13.8. The van der Waals surface area contributed by atoms with Gasteiger partial charge in [-0.05, 0) is 38.5 Å². The molecule has 5 nitrogen and oxygen atoms in total. The summed E-state index contributed by atoms with van der Waals surface area (Å²) in [6.45, 7) is 6.48. The van der Waals surface area contributed by atoms with Crippen LogP contribution in [0.1, 0.15) is 19.4 Å². The first-order valence-electron chi connectivity index (χ1n) is 7.38. The van der Waals surface area contributed by atoms with E-state index >= 15 is 0 Å². The van der Waals surface area contributed by atoms with Crippen LogP contribution in [0.2, 0.25) is 0 Å². The van der Waals surface area contributed by atoms with E-state index in [1.807, 2.05) is 32.9 Å². The van der Waals surface area contributed by atoms with Gasteiger partial charge in [0.1, 0.15) is 4.90 Å². The number of rotatable bonds is 2. The van der Waals surface area contributed by atoms with Gasteiger partial charge in [0, 0.05) is 24.2 Å². The Morgan fingerprint density at radius 2 is 2.09 bits per heavy atom. The number of morpholine rings is 1. The summed E-state index contributed by atoms with van der Waals surface area (Å²) in [4.78, 5) is 4.62. The Labute approximate surface area is 131 Å². The molecule has 22 heavy (non-hydrogen) atoms. The molecule has 1 aliphatic rings. The van der Waals surface area contributed by atoms with Crippen molar-refractivity contribution < 1.29 is 13.2 Å².